The molecule has 0 spiro atoms. The Morgan fingerprint density at radius 1 is 1.30 bits per heavy atom. The van der Waals surface area contributed by atoms with Gasteiger partial charge in [0.15, 0.2) is 0 Å². The predicted octanol–water partition coefficient (Wildman–Crippen LogP) is 4.78. The second kappa shape index (κ2) is 7.04. The molecule has 0 unspecified atom stereocenters. The molecule has 3 rings (SSSR count). The molecule has 0 atom stereocenters. The minimum atomic E-state index is -0.309. The first-order valence-corrected chi connectivity index (χ1v) is 9.08. The van der Waals surface area contributed by atoms with Gasteiger partial charge < -0.3 is 9.88 Å². The molecule has 0 saturated heterocycles. The van der Waals surface area contributed by atoms with Crippen molar-refractivity contribution in [3.8, 4) is 0 Å². The fourth-order valence-electron chi connectivity index (χ4n) is 3.51. The van der Waals surface area contributed by atoms with Crippen LogP contribution in [-0.2, 0) is 7.05 Å². The van der Waals surface area contributed by atoms with E-state index in [1.165, 1.54) is 50.7 Å². The number of aryl methyl sites for hydroxylation is 1. The van der Waals surface area contributed by atoms with E-state index in [1.54, 1.807) is 10.8 Å². The molecule has 124 valence electrons. The lowest BCUT2D eigenvalue weighted by Crippen LogP contribution is -2.29. The maximum absolute atomic E-state index is 13.6. The molecule has 5 heteroatoms. The molecule has 1 aromatic carbocycles. The standard InChI is InChI=1S/C18H22BrFN2O/c1-22-11-14(17-15(19)8-13(20)9-16(17)22)18(23)21-10-12-6-4-2-3-5-7-12/h8-9,11-12H,2-7,10H2,1H3,(H,21,23). The SMILES string of the molecule is Cn1cc(C(=O)NCC2CCCCCC2)c2c(Br)cc(F)cc21. The van der Waals surface area contributed by atoms with Gasteiger partial charge in [0.05, 0.1) is 11.1 Å². The number of rotatable bonds is 3. The van der Waals surface area contributed by atoms with E-state index in [-0.39, 0.29) is 11.7 Å². The van der Waals surface area contributed by atoms with Crippen LogP contribution in [0, 0.1) is 11.7 Å². The minimum Gasteiger partial charge on any atom is -0.352 e. The van der Waals surface area contributed by atoms with Crippen molar-refractivity contribution in [2.45, 2.75) is 38.5 Å². The van der Waals surface area contributed by atoms with Gasteiger partial charge in [-0.05, 0) is 46.8 Å². The number of hydrogen-bond donors (Lipinski definition) is 1. The van der Waals surface area contributed by atoms with E-state index < -0.39 is 0 Å². The third kappa shape index (κ3) is 3.60. The molecule has 0 aliphatic heterocycles. The number of benzene rings is 1. The van der Waals surface area contributed by atoms with Gasteiger partial charge in [-0.3, -0.25) is 4.79 Å². The Morgan fingerprint density at radius 3 is 2.70 bits per heavy atom. The summed E-state index contributed by atoms with van der Waals surface area (Å²) in [5.41, 5.74) is 1.32. The molecule has 23 heavy (non-hydrogen) atoms. The van der Waals surface area contributed by atoms with Crippen molar-refractivity contribution >= 4 is 32.7 Å². The number of carbonyl (C=O) groups is 1. The van der Waals surface area contributed by atoms with Crippen molar-refractivity contribution in [2.75, 3.05) is 6.54 Å². The van der Waals surface area contributed by atoms with Crippen molar-refractivity contribution < 1.29 is 9.18 Å². The summed E-state index contributed by atoms with van der Waals surface area (Å²) < 4.78 is 16.0. The van der Waals surface area contributed by atoms with Crippen LogP contribution in [0.15, 0.2) is 22.8 Å². The predicted molar refractivity (Wildman–Crippen MR) is 94.1 cm³/mol. The number of halogens is 2. The molecule has 1 N–H and O–H groups in total. The van der Waals surface area contributed by atoms with E-state index in [0.717, 1.165) is 17.4 Å². The van der Waals surface area contributed by atoms with Crippen molar-refractivity contribution in [3.05, 3.63) is 34.2 Å². The second-order valence-corrected chi connectivity index (χ2v) is 7.36. The summed E-state index contributed by atoms with van der Waals surface area (Å²) in [6.07, 6.45) is 9.32. The molecule has 1 aliphatic rings. The molecule has 0 bridgehead atoms. The third-order valence-electron chi connectivity index (χ3n) is 4.78. The van der Waals surface area contributed by atoms with Gasteiger partial charge in [-0.25, -0.2) is 4.39 Å². The van der Waals surface area contributed by atoms with Gasteiger partial charge in [0.1, 0.15) is 5.82 Å². The van der Waals surface area contributed by atoms with Gasteiger partial charge in [-0.2, -0.15) is 0 Å². The highest BCUT2D eigenvalue weighted by Gasteiger charge is 2.19. The molecule has 2 aromatic rings. The molecule has 3 nitrogen and oxygen atoms in total. The lowest BCUT2D eigenvalue weighted by Gasteiger charge is -2.14. The zero-order valence-corrected chi connectivity index (χ0v) is 15.0. The highest BCUT2D eigenvalue weighted by atomic mass is 79.9. The second-order valence-electron chi connectivity index (χ2n) is 6.50. The van der Waals surface area contributed by atoms with Crippen LogP contribution in [0.25, 0.3) is 10.9 Å². The molecular weight excluding hydrogens is 359 g/mol. The van der Waals surface area contributed by atoms with Crippen molar-refractivity contribution in [1.29, 1.82) is 0 Å². The fraction of sp³-hybridized carbons (Fsp3) is 0.500. The number of nitrogens with zero attached hydrogens (tertiary/aromatic N) is 1. The van der Waals surface area contributed by atoms with Crippen LogP contribution in [-0.4, -0.2) is 17.0 Å². The topological polar surface area (TPSA) is 34.0 Å². The van der Waals surface area contributed by atoms with Gasteiger partial charge >= 0.3 is 0 Å². The smallest absolute Gasteiger partial charge is 0.253 e. The average Bonchev–Trinajstić information content (AvgIpc) is 2.71. The van der Waals surface area contributed by atoms with Crippen molar-refractivity contribution in [1.82, 2.24) is 9.88 Å². The average molecular weight is 381 g/mol. The van der Waals surface area contributed by atoms with E-state index >= 15 is 0 Å². The van der Waals surface area contributed by atoms with Crippen LogP contribution >= 0.6 is 15.9 Å². The lowest BCUT2D eigenvalue weighted by molar-refractivity contribution is 0.0947. The van der Waals surface area contributed by atoms with Crippen LogP contribution < -0.4 is 5.32 Å². The normalized spacial score (nSPS) is 16.5. The monoisotopic (exact) mass is 380 g/mol. The van der Waals surface area contributed by atoms with E-state index in [4.69, 9.17) is 0 Å². The van der Waals surface area contributed by atoms with Gasteiger partial charge in [0.2, 0.25) is 0 Å². The minimum absolute atomic E-state index is 0.0767. The first kappa shape index (κ1) is 16.5. The zero-order chi connectivity index (χ0) is 16.4. The number of fused-ring (bicyclic) bond motifs is 1. The van der Waals surface area contributed by atoms with E-state index in [1.807, 2.05) is 7.05 Å². The van der Waals surface area contributed by atoms with E-state index in [2.05, 4.69) is 21.2 Å². The highest BCUT2D eigenvalue weighted by molar-refractivity contribution is 9.10. The van der Waals surface area contributed by atoms with Gasteiger partial charge in [-0.1, -0.05) is 25.7 Å². The summed E-state index contributed by atoms with van der Waals surface area (Å²) in [4.78, 5) is 12.6. The zero-order valence-electron chi connectivity index (χ0n) is 13.4. The number of hydrogen-bond acceptors (Lipinski definition) is 1. The summed E-state index contributed by atoms with van der Waals surface area (Å²) in [5.74, 6) is 0.195. The van der Waals surface area contributed by atoms with Gasteiger partial charge in [-0.15, -0.1) is 0 Å². The van der Waals surface area contributed by atoms with Gasteiger partial charge in [0.25, 0.3) is 5.91 Å². The molecule has 1 aromatic heterocycles. The Kier molecular flexibility index (Phi) is 5.05. The molecule has 1 aliphatic carbocycles. The maximum Gasteiger partial charge on any atom is 0.253 e. The van der Waals surface area contributed by atoms with Crippen molar-refractivity contribution in [2.24, 2.45) is 13.0 Å². The molecule has 1 saturated carbocycles. The number of amides is 1. The quantitative estimate of drug-likeness (QED) is 0.763. The van der Waals surface area contributed by atoms with Crippen LogP contribution in [0.1, 0.15) is 48.9 Å². The molecule has 1 amide bonds. The van der Waals surface area contributed by atoms with Crippen LogP contribution in [0.3, 0.4) is 0 Å². The Hall–Kier alpha value is -1.36. The molecule has 1 heterocycles. The Balaban J connectivity index is 1.78. The fourth-order valence-corrected chi connectivity index (χ4v) is 4.14. The Labute approximate surface area is 144 Å². The third-order valence-corrected chi connectivity index (χ3v) is 5.40. The number of carbonyl (C=O) groups excluding carboxylic acids is 1. The first-order valence-electron chi connectivity index (χ1n) is 8.28. The van der Waals surface area contributed by atoms with E-state index in [0.29, 0.717) is 16.0 Å². The van der Waals surface area contributed by atoms with Crippen LogP contribution in [0.4, 0.5) is 4.39 Å². The van der Waals surface area contributed by atoms with E-state index in [9.17, 15) is 9.18 Å². The molecule has 1 fully saturated rings. The molecule has 0 radical (unpaired) electrons. The Morgan fingerprint density at radius 2 is 2.00 bits per heavy atom. The van der Waals surface area contributed by atoms with Crippen molar-refractivity contribution in [3.63, 3.8) is 0 Å². The summed E-state index contributed by atoms with van der Waals surface area (Å²) >= 11 is 3.38. The maximum atomic E-state index is 13.6. The summed E-state index contributed by atoms with van der Waals surface area (Å²) in [5, 5.41) is 3.85. The summed E-state index contributed by atoms with van der Waals surface area (Å²) in [6, 6.07) is 2.87. The summed E-state index contributed by atoms with van der Waals surface area (Å²) in [6.45, 7) is 0.730. The Bertz CT molecular complexity index is 717. The summed E-state index contributed by atoms with van der Waals surface area (Å²) in [7, 11) is 1.83. The lowest BCUT2D eigenvalue weighted by atomic mass is 10.0. The van der Waals surface area contributed by atoms with Crippen LogP contribution in [0.5, 0.6) is 0 Å². The largest absolute Gasteiger partial charge is 0.352 e. The van der Waals surface area contributed by atoms with Crippen LogP contribution in [0.2, 0.25) is 0 Å². The molecular formula is C18H22BrFN2O. The first-order chi connectivity index (χ1) is 11.1. The highest BCUT2D eigenvalue weighted by Crippen LogP contribution is 2.30. The number of nitrogens with one attached hydrogen (secondary N) is 1. The number of aromatic nitrogens is 1. The van der Waals surface area contributed by atoms with Gasteiger partial charge in [0, 0.05) is 29.6 Å².